The minimum atomic E-state index is 0.233. The molecule has 1 saturated heterocycles. The number of thiophene rings is 1. The maximum atomic E-state index is 12.0. The van der Waals surface area contributed by atoms with Crippen molar-refractivity contribution in [3.8, 4) is 0 Å². The third kappa shape index (κ3) is 5.08. The lowest BCUT2D eigenvalue weighted by atomic mass is 10.1. The Bertz CT molecular complexity index is 725. The molecule has 1 aliphatic rings. The summed E-state index contributed by atoms with van der Waals surface area (Å²) in [5.74, 6) is 1.05. The van der Waals surface area contributed by atoms with E-state index in [4.69, 9.17) is 0 Å². The number of carbonyl (C=O) groups excluding carboxylic acids is 1. The van der Waals surface area contributed by atoms with Crippen molar-refractivity contribution in [2.45, 2.75) is 39.3 Å². The molecule has 2 N–H and O–H groups in total. The Hall–Kier alpha value is -2.34. The van der Waals surface area contributed by atoms with Gasteiger partial charge < -0.3 is 15.5 Å². The van der Waals surface area contributed by atoms with E-state index in [2.05, 4.69) is 51.5 Å². The number of nitrogens with one attached hydrogen (secondary N) is 2. The Kier molecular flexibility index (Phi) is 6.66. The van der Waals surface area contributed by atoms with Gasteiger partial charge in [0.2, 0.25) is 5.91 Å². The minimum absolute atomic E-state index is 0.233. The second kappa shape index (κ2) is 9.38. The van der Waals surface area contributed by atoms with Crippen molar-refractivity contribution in [3.05, 3.63) is 52.2 Å². The first-order valence-electron chi connectivity index (χ1n) is 9.19. The number of nitrogens with zero attached hydrogens (tertiary/aromatic N) is 2. The molecule has 0 aliphatic carbocycles. The topological polar surface area (TPSA) is 56.7 Å². The fraction of sp³-hybridized carbons (Fsp3) is 0.400. The van der Waals surface area contributed by atoms with E-state index in [1.165, 1.54) is 11.1 Å². The molecule has 1 aromatic carbocycles. The van der Waals surface area contributed by atoms with Crippen LogP contribution in [0.5, 0.6) is 0 Å². The number of rotatable bonds is 6. The first-order valence-corrected chi connectivity index (χ1v) is 10.1. The summed E-state index contributed by atoms with van der Waals surface area (Å²) in [6, 6.07) is 10.3. The zero-order chi connectivity index (χ0) is 18.2. The summed E-state index contributed by atoms with van der Waals surface area (Å²) in [5, 5.41) is 10.8. The van der Waals surface area contributed by atoms with Crippen LogP contribution in [0.15, 0.2) is 46.1 Å². The highest BCUT2D eigenvalue weighted by Gasteiger charge is 2.19. The molecule has 138 valence electrons. The molecule has 2 heterocycles. The number of amides is 1. The molecule has 2 aromatic rings. The van der Waals surface area contributed by atoms with Crippen LogP contribution in [0, 0.1) is 0 Å². The van der Waals surface area contributed by atoms with Crippen molar-refractivity contribution in [1.82, 2.24) is 10.6 Å². The molecule has 6 heteroatoms. The van der Waals surface area contributed by atoms with Gasteiger partial charge in [0.1, 0.15) is 0 Å². The molecule has 26 heavy (non-hydrogen) atoms. The summed E-state index contributed by atoms with van der Waals surface area (Å²) in [4.78, 5) is 18.5. The molecule has 0 atom stereocenters. The molecule has 1 amide bonds. The number of anilines is 1. The number of carbonyl (C=O) groups is 1. The Morgan fingerprint density at radius 1 is 1.15 bits per heavy atom. The van der Waals surface area contributed by atoms with E-state index in [1.54, 1.807) is 11.3 Å². The van der Waals surface area contributed by atoms with Gasteiger partial charge in [0, 0.05) is 31.7 Å². The Morgan fingerprint density at radius 2 is 2.00 bits per heavy atom. The summed E-state index contributed by atoms with van der Waals surface area (Å²) < 4.78 is 0. The van der Waals surface area contributed by atoms with Gasteiger partial charge in [0.25, 0.3) is 0 Å². The Balaban J connectivity index is 1.57. The van der Waals surface area contributed by atoms with Crippen LogP contribution in [0.1, 0.15) is 37.3 Å². The van der Waals surface area contributed by atoms with Gasteiger partial charge in [-0.15, -0.1) is 0 Å². The summed E-state index contributed by atoms with van der Waals surface area (Å²) in [6.07, 6.45) is 2.76. The minimum Gasteiger partial charge on any atom is -0.357 e. The van der Waals surface area contributed by atoms with Crippen molar-refractivity contribution < 1.29 is 4.79 Å². The third-order valence-corrected chi connectivity index (χ3v) is 5.11. The van der Waals surface area contributed by atoms with Crippen molar-refractivity contribution >= 4 is 28.9 Å². The Morgan fingerprint density at radius 3 is 2.69 bits per heavy atom. The second-order valence-electron chi connectivity index (χ2n) is 6.35. The average Bonchev–Trinajstić information content (AvgIpc) is 3.19. The lowest BCUT2D eigenvalue weighted by Gasteiger charge is -2.26. The van der Waals surface area contributed by atoms with Crippen LogP contribution in [0.4, 0.5) is 5.69 Å². The molecule has 0 unspecified atom stereocenters. The predicted molar refractivity (Wildman–Crippen MR) is 109 cm³/mol. The standard InChI is InChI=1S/C20H26N4OS/c1-2-21-20(23-14-17-10-12-26-15-17)22-13-16-6-8-18(9-7-16)24-11-4-3-5-19(24)25/h6-10,12,15H,2-5,11,13-14H2,1H3,(H2,21,22,23). The van der Waals surface area contributed by atoms with Crippen LogP contribution in [-0.2, 0) is 17.9 Å². The SMILES string of the molecule is CCNC(=NCc1ccsc1)NCc1ccc(N2CCCCC2=O)cc1. The fourth-order valence-corrected chi connectivity index (χ4v) is 3.61. The molecule has 1 fully saturated rings. The van der Waals surface area contributed by atoms with Gasteiger partial charge >= 0.3 is 0 Å². The molecular weight excluding hydrogens is 344 g/mol. The van der Waals surface area contributed by atoms with E-state index in [9.17, 15) is 4.79 Å². The molecule has 1 aromatic heterocycles. The number of hydrogen-bond acceptors (Lipinski definition) is 3. The zero-order valence-electron chi connectivity index (χ0n) is 15.2. The summed E-state index contributed by atoms with van der Waals surface area (Å²) in [6.45, 7) is 5.09. The highest BCUT2D eigenvalue weighted by molar-refractivity contribution is 7.07. The third-order valence-electron chi connectivity index (χ3n) is 4.38. The molecule has 5 nitrogen and oxygen atoms in total. The molecule has 3 rings (SSSR count). The van der Waals surface area contributed by atoms with Crippen molar-refractivity contribution in [2.75, 3.05) is 18.0 Å². The van der Waals surface area contributed by atoms with Crippen molar-refractivity contribution in [2.24, 2.45) is 4.99 Å². The van der Waals surface area contributed by atoms with Crippen molar-refractivity contribution in [1.29, 1.82) is 0 Å². The number of piperidine rings is 1. The Labute approximate surface area is 159 Å². The highest BCUT2D eigenvalue weighted by Crippen LogP contribution is 2.21. The molecule has 0 saturated carbocycles. The van der Waals surface area contributed by atoms with Gasteiger partial charge in [-0.2, -0.15) is 11.3 Å². The smallest absolute Gasteiger partial charge is 0.226 e. The summed E-state index contributed by atoms with van der Waals surface area (Å²) >= 11 is 1.69. The van der Waals surface area contributed by atoms with Crippen LogP contribution in [0.25, 0.3) is 0 Å². The molecular formula is C20H26N4OS. The lowest BCUT2D eigenvalue weighted by Crippen LogP contribution is -2.37. The number of hydrogen-bond donors (Lipinski definition) is 2. The molecule has 0 bridgehead atoms. The maximum Gasteiger partial charge on any atom is 0.226 e. The summed E-state index contributed by atoms with van der Waals surface area (Å²) in [7, 11) is 0. The van der Waals surface area contributed by atoms with Crippen LogP contribution in [0.2, 0.25) is 0 Å². The fourth-order valence-electron chi connectivity index (χ4n) is 2.95. The zero-order valence-corrected chi connectivity index (χ0v) is 16.0. The highest BCUT2D eigenvalue weighted by atomic mass is 32.1. The van der Waals surface area contributed by atoms with Crippen LogP contribution in [-0.4, -0.2) is 25.0 Å². The normalized spacial score (nSPS) is 15.2. The van der Waals surface area contributed by atoms with E-state index in [0.29, 0.717) is 19.5 Å². The molecule has 1 aliphatic heterocycles. The predicted octanol–water partition coefficient (Wildman–Crippen LogP) is 3.52. The van der Waals surface area contributed by atoms with Gasteiger partial charge in [-0.05, 0) is 59.9 Å². The summed E-state index contributed by atoms with van der Waals surface area (Å²) in [5.41, 5.74) is 3.39. The monoisotopic (exact) mass is 370 g/mol. The number of guanidine groups is 1. The van der Waals surface area contributed by atoms with Crippen LogP contribution >= 0.6 is 11.3 Å². The largest absolute Gasteiger partial charge is 0.357 e. The first kappa shape index (κ1) is 18.5. The molecule has 0 radical (unpaired) electrons. The molecule has 0 spiro atoms. The van der Waals surface area contributed by atoms with Gasteiger partial charge in [0.15, 0.2) is 5.96 Å². The van der Waals surface area contributed by atoms with Gasteiger partial charge in [-0.25, -0.2) is 4.99 Å². The van der Waals surface area contributed by atoms with E-state index < -0.39 is 0 Å². The van der Waals surface area contributed by atoms with E-state index in [1.807, 2.05) is 17.0 Å². The number of aliphatic imine (C=N–C) groups is 1. The average molecular weight is 371 g/mol. The maximum absolute atomic E-state index is 12.0. The van der Waals surface area contributed by atoms with Crippen LogP contribution < -0.4 is 15.5 Å². The second-order valence-corrected chi connectivity index (χ2v) is 7.13. The quantitative estimate of drug-likeness (QED) is 0.604. The van der Waals surface area contributed by atoms with Gasteiger partial charge in [-0.3, -0.25) is 4.79 Å². The van der Waals surface area contributed by atoms with E-state index >= 15 is 0 Å². The first-order chi connectivity index (χ1) is 12.8. The van der Waals surface area contributed by atoms with Crippen LogP contribution in [0.3, 0.4) is 0 Å². The van der Waals surface area contributed by atoms with Crippen molar-refractivity contribution in [3.63, 3.8) is 0 Å². The van der Waals surface area contributed by atoms with E-state index in [-0.39, 0.29) is 5.91 Å². The van der Waals surface area contributed by atoms with Gasteiger partial charge in [0.05, 0.1) is 6.54 Å². The number of benzene rings is 1. The van der Waals surface area contributed by atoms with E-state index in [0.717, 1.165) is 37.6 Å². The van der Waals surface area contributed by atoms with Gasteiger partial charge in [-0.1, -0.05) is 12.1 Å². The lowest BCUT2D eigenvalue weighted by molar-refractivity contribution is -0.119.